The predicted octanol–water partition coefficient (Wildman–Crippen LogP) is 2.75. The Labute approximate surface area is 113 Å². The lowest BCUT2D eigenvalue weighted by atomic mass is 10.1. The maximum absolute atomic E-state index is 13.7. The molecule has 0 aliphatic heterocycles. The van der Waals surface area contributed by atoms with Crippen LogP contribution in [-0.4, -0.2) is 37.9 Å². The minimum Gasteiger partial charge on any atom is -0.496 e. The first-order valence-electron chi connectivity index (χ1n) is 6.66. The molecule has 2 rings (SSSR count). The lowest BCUT2D eigenvalue weighted by molar-refractivity contribution is 0.0961. The summed E-state index contributed by atoms with van der Waals surface area (Å²) in [4.78, 5) is 14.2. The van der Waals surface area contributed by atoms with Gasteiger partial charge in [-0.05, 0) is 37.9 Å². The van der Waals surface area contributed by atoms with Crippen LogP contribution in [0, 0.1) is 11.7 Å². The molecule has 0 radical (unpaired) electrons. The number of halogens is 1. The van der Waals surface area contributed by atoms with E-state index in [2.05, 4.69) is 4.90 Å². The summed E-state index contributed by atoms with van der Waals surface area (Å²) in [5, 5.41) is 0. The van der Waals surface area contributed by atoms with Gasteiger partial charge in [-0.1, -0.05) is 6.07 Å². The molecule has 0 N–H and O–H groups in total. The van der Waals surface area contributed by atoms with E-state index in [0.717, 1.165) is 12.5 Å². The highest BCUT2D eigenvalue weighted by Gasteiger charge is 2.23. The van der Waals surface area contributed by atoms with Crippen LogP contribution >= 0.6 is 0 Å². The van der Waals surface area contributed by atoms with E-state index in [1.807, 2.05) is 7.05 Å². The Morgan fingerprint density at radius 3 is 2.84 bits per heavy atom. The molecule has 0 heterocycles. The van der Waals surface area contributed by atoms with E-state index in [4.69, 9.17) is 4.74 Å². The van der Waals surface area contributed by atoms with Crippen LogP contribution in [0.1, 0.15) is 29.6 Å². The van der Waals surface area contributed by atoms with E-state index >= 15 is 0 Å². The fourth-order valence-electron chi connectivity index (χ4n) is 2.19. The Kier molecular flexibility index (Phi) is 4.53. The number of nitrogens with zero attached hydrogens (tertiary/aromatic N) is 1. The largest absolute Gasteiger partial charge is 0.496 e. The van der Waals surface area contributed by atoms with Gasteiger partial charge in [0.1, 0.15) is 11.6 Å². The standard InChI is InChI=1S/C15H20FNO2/c1-17(10-11-6-7-11)9-8-13(18)15-12(16)4-3-5-14(15)19-2/h3-5,11H,6-10H2,1-2H3. The summed E-state index contributed by atoms with van der Waals surface area (Å²) in [7, 11) is 3.45. The number of carbonyl (C=O) groups is 1. The highest BCUT2D eigenvalue weighted by Crippen LogP contribution is 2.29. The molecular weight excluding hydrogens is 245 g/mol. The third-order valence-corrected chi connectivity index (χ3v) is 3.46. The zero-order valence-electron chi connectivity index (χ0n) is 11.5. The highest BCUT2D eigenvalue weighted by molar-refractivity contribution is 5.99. The smallest absolute Gasteiger partial charge is 0.170 e. The van der Waals surface area contributed by atoms with Crippen molar-refractivity contribution in [2.45, 2.75) is 19.3 Å². The van der Waals surface area contributed by atoms with Crippen molar-refractivity contribution < 1.29 is 13.9 Å². The van der Waals surface area contributed by atoms with Gasteiger partial charge in [-0.25, -0.2) is 4.39 Å². The Morgan fingerprint density at radius 1 is 1.47 bits per heavy atom. The minimum absolute atomic E-state index is 0.0739. The zero-order valence-corrected chi connectivity index (χ0v) is 11.5. The molecule has 0 atom stereocenters. The first kappa shape index (κ1) is 14.0. The van der Waals surface area contributed by atoms with Crippen molar-refractivity contribution in [1.82, 2.24) is 4.90 Å². The summed E-state index contributed by atoms with van der Waals surface area (Å²) in [5.74, 6) is 0.407. The summed E-state index contributed by atoms with van der Waals surface area (Å²) in [6.45, 7) is 1.69. The Morgan fingerprint density at radius 2 is 2.21 bits per heavy atom. The molecule has 1 aromatic rings. The van der Waals surface area contributed by atoms with Gasteiger partial charge in [0.25, 0.3) is 0 Å². The molecule has 1 fully saturated rings. The third kappa shape index (κ3) is 3.77. The number of ketones is 1. The maximum Gasteiger partial charge on any atom is 0.170 e. The minimum atomic E-state index is -0.505. The second kappa shape index (κ2) is 6.15. The number of hydrogen-bond acceptors (Lipinski definition) is 3. The molecule has 0 aromatic heterocycles. The molecule has 1 saturated carbocycles. The molecule has 104 valence electrons. The van der Waals surface area contributed by atoms with Gasteiger partial charge in [-0.2, -0.15) is 0 Å². The summed E-state index contributed by atoms with van der Waals surface area (Å²) in [6.07, 6.45) is 2.90. The monoisotopic (exact) mass is 265 g/mol. The van der Waals surface area contributed by atoms with E-state index in [0.29, 0.717) is 18.7 Å². The predicted molar refractivity (Wildman–Crippen MR) is 72.1 cm³/mol. The fraction of sp³-hybridized carbons (Fsp3) is 0.533. The van der Waals surface area contributed by atoms with Crippen molar-refractivity contribution in [1.29, 1.82) is 0 Å². The summed E-state index contributed by atoms with van der Waals surface area (Å²) in [5.41, 5.74) is 0.0739. The number of hydrogen-bond donors (Lipinski definition) is 0. The summed E-state index contributed by atoms with van der Waals surface area (Å²) < 4.78 is 18.8. The van der Waals surface area contributed by atoms with E-state index in [1.165, 1.54) is 26.0 Å². The van der Waals surface area contributed by atoms with E-state index < -0.39 is 5.82 Å². The van der Waals surface area contributed by atoms with Crippen LogP contribution in [-0.2, 0) is 0 Å². The average Bonchev–Trinajstić information content (AvgIpc) is 3.19. The topological polar surface area (TPSA) is 29.5 Å². The van der Waals surface area contributed by atoms with Gasteiger partial charge in [0.05, 0.1) is 12.7 Å². The molecule has 1 aliphatic carbocycles. The quantitative estimate of drug-likeness (QED) is 0.710. The van der Waals surface area contributed by atoms with E-state index in [9.17, 15) is 9.18 Å². The van der Waals surface area contributed by atoms with E-state index in [1.54, 1.807) is 12.1 Å². The molecule has 19 heavy (non-hydrogen) atoms. The van der Waals surface area contributed by atoms with Gasteiger partial charge in [-0.15, -0.1) is 0 Å². The summed E-state index contributed by atoms with van der Waals surface area (Å²) >= 11 is 0. The van der Waals surface area contributed by atoms with Crippen LogP contribution in [0.5, 0.6) is 5.75 Å². The van der Waals surface area contributed by atoms with Crippen molar-refractivity contribution in [3.05, 3.63) is 29.6 Å². The number of rotatable bonds is 7. The number of benzene rings is 1. The molecule has 3 nitrogen and oxygen atoms in total. The second-order valence-electron chi connectivity index (χ2n) is 5.20. The Hall–Kier alpha value is -1.42. The molecule has 4 heteroatoms. The zero-order chi connectivity index (χ0) is 13.8. The third-order valence-electron chi connectivity index (χ3n) is 3.46. The van der Waals surface area contributed by atoms with Gasteiger partial charge in [0.15, 0.2) is 5.78 Å². The molecule has 0 bridgehead atoms. The lowest BCUT2D eigenvalue weighted by Gasteiger charge is -2.16. The summed E-state index contributed by atoms with van der Waals surface area (Å²) in [6, 6.07) is 4.46. The van der Waals surface area contributed by atoms with Crippen molar-refractivity contribution >= 4 is 5.78 Å². The van der Waals surface area contributed by atoms with Gasteiger partial charge >= 0.3 is 0 Å². The van der Waals surface area contributed by atoms with Gasteiger partial charge in [-0.3, -0.25) is 4.79 Å². The molecular formula is C15H20FNO2. The highest BCUT2D eigenvalue weighted by atomic mass is 19.1. The molecule has 0 amide bonds. The van der Waals surface area contributed by atoms with Gasteiger partial charge < -0.3 is 9.64 Å². The van der Waals surface area contributed by atoms with Crippen LogP contribution in [0.4, 0.5) is 4.39 Å². The molecule has 1 aromatic carbocycles. The Bertz CT molecular complexity index is 457. The van der Waals surface area contributed by atoms with Crippen molar-refractivity contribution in [2.75, 3.05) is 27.2 Å². The normalized spacial score (nSPS) is 14.7. The van der Waals surface area contributed by atoms with Gasteiger partial charge in [0, 0.05) is 19.5 Å². The molecule has 0 unspecified atom stereocenters. The van der Waals surface area contributed by atoms with Crippen LogP contribution in [0.25, 0.3) is 0 Å². The fourth-order valence-corrected chi connectivity index (χ4v) is 2.19. The van der Waals surface area contributed by atoms with Gasteiger partial charge in [0.2, 0.25) is 0 Å². The first-order chi connectivity index (χ1) is 9.11. The average molecular weight is 265 g/mol. The van der Waals surface area contributed by atoms with Crippen LogP contribution in [0.2, 0.25) is 0 Å². The second-order valence-corrected chi connectivity index (χ2v) is 5.20. The van der Waals surface area contributed by atoms with Crippen molar-refractivity contribution in [2.24, 2.45) is 5.92 Å². The van der Waals surface area contributed by atoms with Crippen LogP contribution in [0.15, 0.2) is 18.2 Å². The number of carbonyl (C=O) groups excluding carboxylic acids is 1. The SMILES string of the molecule is COc1cccc(F)c1C(=O)CCN(C)CC1CC1. The number of Topliss-reactive ketones (excluding diaryl/α,β-unsaturated/α-hetero) is 1. The number of ether oxygens (including phenoxy) is 1. The van der Waals surface area contributed by atoms with Crippen molar-refractivity contribution in [3.63, 3.8) is 0 Å². The first-order valence-corrected chi connectivity index (χ1v) is 6.66. The van der Waals surface area contributed by atoms with E-state index in [-0.39, 0.29) is 11.3 Å². The molecule has 0 spiro atoms. The van der Waals surface area contributed by atoms with Crippen molar-refractivity contribution in [3.8, 4) is 5.75 Å². The Balaban J connectivity index is 1.95. The maximum atomic E-state index is 13.7. The molecule has 1 aliphatic rings. The lowest BCUT2D eigenvalue weighted by Crippen LogP contribution is -2.24. The van der Waals surface area contributed by atoms with Crippen LogP contribution < -0.4 is 4.74 Å². The molecule has 0 saturated heterocycles. The number of methoxy groups -OCH3 is 1. The van der Waals surface area contributed by atoms with Crippen LogP contribution in [0.3, 0.4) is 0 Å².